The van der Waals surface area contributed by atoms with Crippen LogP contribution in [0.5, 0.6) is 0 Å². The molecule has 1 aliphatic heterocycles. The summed E-state index contributed by atoms with van der Waals surface area (Å²) in [5, 5.41) is 6.51. The van der Waals surface area contributed by atoms with Gasteiger partial charge in [-0.25, -0.2) is 0 Å². The minimum atomic E-state index is -0.0572. The van der Waals surface area contributed by atoms with Gasteiger partial charge in [-0.1, -0.05) is 32.0 Å². The van der Waals surface area contributed by atoms with E-state index in [1.807, 2.05) is 0 Å². The molecular formula is C17H27N3O. The quantitative estimate of drug-likeness (QED) is 0.845. The molecule has 1 amide bonds. The lowest BCUT2D eigenvalue weighted by molar-refractivity contribution is -0.123. The first kappa shape index (κ1) is 15.8. The molecular weight excluding hydrogens is 262 g/mol. The molecule has 4 nitrogen and oxygen atoms in total. The molecule has 1 aromatic carbocycles. The maximum Gasteiger partial charge on any atom is 0.242 e. The molecule has 1 aliphatic rings. The summed E-state index contributed by atoms with van der Waals surface area (Å²) in [6.07, 6.45) is 1.95. The number of piperazine rings is 1. The molecule has 2 rings (SSSR count). The van der Waals surface area contributed by atoms with Gasteiger partial charge in [0.05, 0.1) is 0 Å². The maximum atomic E-state index is 12.1. The monoisotopic (exact) mass is 289 g/mol. The smallest absolute Gasteiger partial charge is 0.242 e. The average molecular weight is 289 g/mol. The van der Waals surface area contributed by atoms with Gasteiger partial charge in [0.2, 0.25) is 5.91 Å². The van der Waals surface area contributed by atoms with Crippen LogP contribution in [0.2, 0.25) is 0 Å². The van der Waals surface area contributed by atoms with E-state index in [-0.39, 0.29) is 11.9 Å². The van der Waals surface area contributed by atoms with Crippen molar-refractivity contribution in [2.75, 3.05) is 24.5 Å². The molecule has 1 aromatic rings. The molecule has 0 spiro atoms. The topological polar surface area (TPSA) is 44.4 Å². The fourth-order valence-electron chi connectivity index (χ4n) is 2.99. The zero-order chi connectivity index (χ0) is 15.2. The number of amides is 1. The second-order valence-corrected chi connectivity index (χ2v) is 5.64. The van der Waals surface area contributed by atoms with Crippen molar-refractivity contribution in [2.45, 2.75) is 45.7 Å². The standard InChI is InChI=1S/C17H27N3O/c1-4-10-18-13(3)14-8-6-7-9-16(14)20-12-11-19-17(21)15(20)5-2/h6-9,13,15,18H,4-5,10-12H2,1-3H3,(H,19,21). The van der Waals surface area contributed by atoms with Gasteiger partial charge in [-0.05, 0) is 37.9 Å². The molecule has 2 N–H and O–H groups in total. The minimum Gasteiger partial charge on any atom is -0.357 e. The largest absolute Gasteiger partial charge is 0.357 e. The van der Waals surface area contributed by atoms with Crippen molar-refractivity contribution >= 4 is 11.6 Å². The first-order valence-electron chi connectivity index (χ1n) is 8.05. The van der Waals surface area contributed by atoms with E-state index in [0.29, 0.717) is 6.04 Å². The number of benzene rings is 1. The summed E-state index contributed by atoms with van der Waals surface area (Å²) in [7, 11) is 0. The predicted octanol–water partition coefficient (Wildman–Crippen LogP) is 2.46. The van der Waals surface area contributed by atoms with E-state index >= 15 is 0 Å². The van der Waals surface area contributed by atoms with Crippen LogP contribution in [0.4, 0.5) is 5.69 Å². The van der Waals surface area contributed by atoms with Gasteiger partial charge in [0, 0.05) is 24.8 Å². The summed E-state index contributed by atoms with van der Waals surface area (Å²) in [5.74, 6) is 0.146. The number of carbonyl (C=O) groups is 1. The Morgan fingerprint density at radius 3 is 2.86 bits per heavy atom. The summed E-state index contributed by atoms with van der Waals surface area (Å²) in [6, 6.07) is 8.68. The van der Waals surface area contributed by atoms with Gasteiger partial charge in [-0.2, -0.15) is 0 Å². The molecule has 0 saturated carbocycles. The second-order valence-electron chi connectivity index (χ2n) is 5.64. The molecule has 116 valence electrons. The van der Waals surface area contributed by atoms with Crippen LogP contribution >= 0.6 is 0 Å². The van der Waals surface area contributed by atoms with E-state index in [4.69, 9.17) is 0 Å². The van der Waals surface area contributed by atoms with E-state index in [9.17, 15) is 4.79 Å². The lowest BCUT2D eigenvalue weighted by Crippen LogP contribution is -2.55. The van der Waals surface area contributed by atoms with Gasteiger partial charge >= 0.3 is 0 Å². The fourth-order valence-corrected chi connectivity index (χ4v) is 2.99. The Bertz CT molecular complexity index is 475. The Labute approximate surface area is 127 Å². The van der Waals surface area contributed by atoms with Crippen molar-refractivity contribution in [1.82, 2.24) is 10.6 Å². The SMILES string of the molecule is CCCNC(C)c1ccccc1N1CCNC(=O)C1CC. The van der Waals surface area contributed by atoms with Gasteiger partial charge in [0.15, 0.2) is 0 Å². The normalized spacial score (nSPS) is 20.2. The molecule has 0 bridgehead atoms. The van der Waals surface area contributed by atoms with Crippen molar-refractivity contribution in [3.05, 3.63) is 29.8 Å². The molecule has 1 fully saturated rings. The number of carbonyl (C=O) groups excluding carboxylic acids is 1. The minimum absolute atomic E-state index is 0.0572. The van der Waals surface area contributed by atoms with Gasteiger partial charge in [-0.15, -0.1) is 0 Å². The van der Waals surface area contributed by atoms with Gasteiger partial charge in [-0.3, -0.25) is 4.79 Å². The van der Waals surface area contributed by atoms with Gasteiger partial charge in [0.1, 0.15) is 6.04 Å². The summed E-state index contributed by atoms with van der Waals surface area (Å²) >= 11 is 0. The van der Waals surface area contributed by atoms with Crippen LogP contribution in [-0.4, -0.2) is 31.6 Å². The number of hydrogen-bond donors (Lipinski definition) is 2. The number of nitrogens with zero attached hydrogens (tertiary/aromatic N) is 1. The summed E-state index contributed by atoms with van der Waals surface area (Å²) in [5.41, 5.74) is 2.47. The van der Waals surface area contributed by atoms with E-state index in [2.05, 4.69) is 60.6 Å². The highest BCUT2D eigenvalue weighted by atomic mass is 16.2. The zero-order valence-electron chi connectivity index (χ0n) is 13.4. The van der Waals surface area contributed by atoms with Crippen molar-refractivity contribution in [2.24, 2.45) is 0 Å². The molecule has 2 atom stereocenters. The maximum absolute atomic E-state index is 12.1. The zero-order valence-corrected chi connectivity index (χ0v) is 13.4. The Hall–Kier alpha value is -1.55. The number of rotatable bonds is 6. The highest BCUT2D eigenvalue weighted by Crippen LogP contribution is 2.29. The Morgan fingerprint density at radius 2 is 2.14 bits per heavy atom. The van der Waals surface area contributed by atoms with E-state index < -0.39 is 0 Å². The molecule has 0 aromatic heterocycles. The third-order valence-corrected chi connectivity index (χ3v) is 4.13. The van der Waals surface area contributed by atoms with Crippen molar-refractivity contribution < 1.29 is 4.79 Å². The van der Waals surface area contributed by atoms with E-state index in [0.717, 1.165) is 32.5 Å². The Balaban J connectivity index is 2.27. The van der Waals surface area contributed by atoms with Crippen molar-refractivity contribution in [1.29, 1.82) is 0 Å². The summed E-state index contributed by atoms with van der Waals surface area (Å²) in [6.45, 7) is 9.05. The molecule has 4 heteroatoms. The fraction of sp³-hybridized carbons (Fsp3) is 0.588. The molecule has 2 unspecified atom stereocenters. The number of hydrogen-bond acceptors (Lipinski definition) is 3. The van der Waals surface area contributed by atoms with Crippen LogP contribution in [-0.2, 0) is 4.79 Å². The number of anilines is 1. The van der Waals surface area contributed by atoms with E-state index in [1.165, 1.54) is 11.3 Å². The van der Waals surface area contributed by atoms with Crippen molar-refractivity contribution in [3.63, 3.8) is 0 Å². The highest BCUT2D eigenvalue weighted by molar-refractivity contribution is 5.86. The van der Waals surface area contributed by atoms with Gasteiger partial charge < -0.3 is 15.5 Å². The lowest BCUT2D eigenvalue weighted by atomic mass is 10.0. The average Bonchev–Trinajstić information content (AvgIpc) is 2.52. The van der Waals surface area contributed by atoms with Crippen LogP contribution in [0.15, 0.2) is 24.3 Å². The van der Waals surface area contributed by atoms with Crippen LogP contribution < -0.4 is 15.5 Å². The van der Waals surface area contributed by atoms with Gasteiger partial charge in [0.25, 0.3) is 0 Å². The predicted molar refractivity (Wildman–Crippen MR) is 87.6 cm³/mol. The third-order valence-electron chi connectivity index (χ3n) is 4.13. The molecule has 21 heavy (non-hydrogen) atoms. The Kier molecular flexibility index (Phi) is 5.62. The van der Waals surface area contributed by atoms with Crippen LogP contribution in [0.25, 0.3) is 0 Å². The summed E-state index contributed by atoms with van der Waals surface area (Å²) < 4.78 is 0. The van der Waals surface area contributed by atoms with Crippen LogP contribution in [0.3, 0.4) is 0 Å². The van der Waals surface area contributed by atoms with Crippen LogP contribution in [0.1, 0.15) is 45.2 Å². The number of para-hydroxylation sites is 1. The first-order valence-corrected chi connectivity index (χ1v) is 8.05. The molecule has 1 saturated heterocycles. The Morgan fingerprint density at radius 1 is 1.38 bits per heavy atom. The molecule has 1 heterocycles. The highest BCUT2D eigenvalue weighted by Gasteiger charge is 2.29. The number of nitrogens with one attached hydrogen (secondary N) is 2. The van der Waals surface area contributed by atoms with E-state index in [1.54, 1.807) is 0 Å². The van der Waals surface area contributed by atoms with Crippen molar-refractivity contribution in [3.8, 4) is 0 Å². The molecule has 0 radical (unpaired) electrons. The molecule has 0 aliphatic carbocycles. The lowest BCUT2D eigenvalue weighted by Gasteiger charge is -2.38. The third kappa shape index (κ3) is 3.56. The summed E-state index contributed by atoms with van der Waals surface area (Å²) in [4.78, 5) is 14.4. The second kappa shape index (κ2) is 7.46. The van der Waals surface area contributed by atoms with Crippen LogP contribution in [0, 0.1) is 0 Å². The first-order chi connectivity index (χ1) is 10.2.